The standard InChI is InChI=1S/C25H22ClIO4/c1-29-25(28)17-31-24-5-3-2-4-20(24)16-30-15-14-23(18-6-10-21(26)11-7-18)19-8-12-22(27)13-9-19/h2-14H,15-17H2,1H3. The lowest BCUT2D eigenvalue weighted by atomic mass is 9.98. The Kier molecular flexibility index (Phi) is 8.94. The summed E-state index contributed by atoms with van der Waals surface area (Å²) in [6, 6.07) is 23.6. The molecule has 31 heavy (non-hydrogen) atoms. The van der Waals surface area contributed by atoms with Gasteiger partial charge in [-0.3, -0.25) is 0 Å². The topological polar surface area (TPSA) is 44.8 Å². The van der Waals surface area contributed by atoms with Crippen LogP contribution in [0, 0.1) is 3.57 Å². The van der Waals surface area contributed by atoms with E-state index in [0.29, 0.717) is 24.0 Å². The molecule has 0 fully saturated rings. The minimum absolute atomic E-state index is 0.138. The van der Waals surface area contributed by atoms with Crippen LogP contribution in [0.4, 0.5) is 0 Å². The van der Waals surface area contributed by atoms with E-state index in [1.807, 2.05) is 48.5 Å². The maximum Gasteiger partial charge on any atom is 0.343 e. The van der Waals surface area contributed by atoms with E-state index in [4.69, 9.17) is 21.1 Å². The Labute approximate surface area is 200 Å². The van der Waals surface area contributed by atoms with Crippen LogP contribution in [-0.4, -0.2) is 26.3 Å². The van der Waals surface area contributed by atoms with Gasteiger partial charge in [-0.05, 0) is 69.6 Å². The summed E-state index contributed by atoms with van der Waals surface area (Å²) in [7, 11) is 1.33. The summed E-state index contributed by atoms with van der Waals surface area (Å²) in [4.78, 5) is 11.3. The number of hydrogen-bond acceptors (Lipinski definition) is 4. The molecule has 0 spiro atoms. The van der Waals surface area contributed by atoms with Gasteiger partial charge in [0.05, 0.1) is 20.3 Å². The van der Waals surface area contributed by atoms with E-state index in [1.165, 1.54) is 10.7 Å². The van der Waals surface area contributed by atoms with Crippen molar-refractivity contribution in [3.63, 3.8) is 0 Å². The fraction of sp³-hybridized carbons (Fsp3) is 0.160. The number of carbonyl (C=O) groups excluding carboxylic acids is 1. The summed E-state index contributed by atoms with van der Waals surface area (Å²) in [5.41, 5.74) is 4.11. The van der Waals surface area contributed by atoms with Gasteiger partial charge in [-0.15, -0.1) is 0 Å². The largest absolute Gasteiger partial charge is 0.482 e. The normalized spacial score (nSPS) is 11.3. The molecule has 0 amide bonds. The Morgan fingerprint density at radius 2 is 1.61 bits per heavy atom. The Morgan fingerprint density at radius 1 is 0.968 bits per heavy atom. The Balaban J connectivity index is 1.71. The summed E-state index contributed by atoms with van der Waals surface area (Å²) < 4.78 is 17.3. The maximum atomic E-state index is 11.3. The fourth-order valence-electron chi connectivity index (χ4n) is 2.93. The van der Waals surface area contributed by atoms with Gasteiger partial charge < -0.3 is 14.2 Å². The zero-order chi connectivity index (χ0) is 22.1. The third kappa shape index (κ3) is 7.09. The highest BCUT2D eigenvalue weighted by molar-refractivity contribution is 14.1. The minimum Gasteiger partial charge on any atom is -0.482 e. The number of ether oxygens (including phenoxy) is 3. The molecule has 3 aromatic rings. The zero-order valence-electron chi connectivity index (χ0n) is 17.0. The molecule has 0 unspecified atom stereocenters. The molecule has 0 saturated carbocycles. The van der Waals surface area contributed by atoms with E-state index in [9.17, 15) is 4.79 Å². The van der Waals surface area contributed by atoms with E-state index in [2.05, 4.69) is 57.7 Å². The second-order valence-corrected chi connectivity index (χ2v) is 8.30. The summed E-state index contributed by atoms with van der Waals surface area (Å²) in [6.07, 6.45) is 2.06. The maximum absolute atomic E-state index is 11.3. The average molecular weight is 549 g/mol. The molecule has 3 aromatic carbocycles. The first-order valence-electron chi connectivity index (χ1n) is 9.64. The van der Waals surface area contributed by atoms with Crippen LogP contribution in [0.15, 0.2) is 78.9 Å². The van der Waals surface area contributed by atoms with Crippen LogP contribution in [0.5, 0.6) is 5.75 Å². The van der Waals surface area contributed by atoms with Crippen molar-refractivity contribution in [2.24, 2.45) is 0 Å². The van der Waals surface area contributed by atoms with Crippen molar-refractivity contribution >= 4 is 45.7 Å². The number of methoxy groups -OCH3 is 1. The van der Waals surface area contributed by atoms with Crippen molar-refractivity contribution in [3.8, 4) is 5.75 Å². The number of carbonyl (C=O) groups is 1. The second-order valence-electron chi connectivity index (χ2n) is 6.62. The molecule has 0 radical (unpaired) electrons. The minimum atomic E-state index is -0.427. The fourth-order valence-corrected chi connectivity index (χ4v) is 3.42. The van der Waals surface area contributed by atoms with Gasteiger partial charge >= 0.3 is 5.97 Å². The predicted octanol–water partition coefficient (Wildman–Crippen LogP) is 6.14. The van der Waals surface area contributed by atoms with Gasteiger partial charge in [0, 0.05) is 14.2 Å². The average Bonchev–Trinajstić information content (AvgIpc) is 2.80. The lowest BCUT2D eigenvalue weighted by Crippen LogP contribution is -2.13. The number of hydrogen-bond donors (Lipinski definition) is 0. The van der Waals surface area contributed by atoms with Crippen molar-refractivity contribution in [1.29, 1.82) is 0 Å². The van der Waals surface area contributed by atoms with Crippen LogP contribution in [0.2, 0.25) is 5.02 Å². The molecular formula is C25H22ClIO4. The van der Waals surface area contributed by atoms with Gasteiger partial charge in [0.2, 0.25) is 0 Å². The van der Waals surface area contributed by atoms with Gasteiger partial charge in [-0.1, -0.05) is 60.1 Å². The zero-order valence-corrected chi connectivity index (χ0v) is 19.9. The summed E-state index contributed by atoms with van der Waals surface area (Å²) in [5, 5.41) is 0.700. The van der Waals surface area contributed by atoms with Crippen molar-refractivity contribution in [1.82, 2.24) is 0 Å². The number of rotatable bonds is 9. The Bertz CT molecular complexity index is 983. The highest BCUT2D eigenvalue weighted by Crippen LogP contribution is 2.26. The van der Waals surface area contributed by atoms with E-state index in [0.717, 1.165) is 22.3 Å². The molecule has 0 bridgehead atoms. The van der Waals surface area contributed by atoms with Crippen LogP contribution in [0.1, 0.15) is 16.7 Å². The molecule has 0 N–H and O–H groups in total. The van der Waals surface area contributed by atoms with E-state index < -0.39 is 5.97 Å². The third-order valence-corrected chi connectivity index (χ3v) is 5.49. The first kappa shape index (κ1) is 23.3. The molecular weight excluding hydrogens is 527 g/mol. The summed E-state index contributed by atoms with van der Waals surface area (Å²) >= 11 is 8.35. The molecule has 0 aliphatic rings. The number of benzene rings is 3. The molecule has 4 nitrogen and oxygen atoms in total. The number of halogens is 2. The molecule has 3 rings (SSSR count). The molecule has 160 valence electrons. The van der Waals surface area contributed by atoms with Gasteiger partial charge in [0.1, 0.15) is 5.75 Å². The summed E-state index contributed by atoms with van der Waals surface area (Å²) in [5.74, 6) is 0.177. The Morgan fingerprint density at radius 3 is 2.29 bits per heavy atom. The van der Waals surface area contributed by atoms with E-state index in [1.54, 1.807) is 0 Å². The van der Waals surface area contributed by atoms with Crippen molar-refractivity contribution in [2.45, 2.75) is 6.61 Å². The molecule has 0 atom stereocenters. The molecule has 6 heteroatoms. The van der Waals surface area contributed by atoms with Gasteiger partial charge in [-0.25, -0.2) is 4.79 Å². The van der Waals surface area contributed by atoms with E-state index >= 15 is 0 Å². The highest BCUT2D eigenvalue weighted by Gasteiger charge is 2.08. The van der Waals surface area contributed by atoms with Crippen molar-refractivity contribution < 1.29 is 19.0 Å². The van der Waals surface area contributed by atoms with Crippen LogP contribution in [0.3, 0.4) is 0 Å². The van der Waals surface area contributed by atoms with Gasteiger partial charge in [0.25, 0.3) is 0 Å². The van der Waals surface area contributed by atoms with Crippen molar-refractivity contribution in [2.75, 3.05) is 20.3 Å². The monoisotopic (exact) mass is 548 g/mol. The van der Waals surface area contributed by atoms with Crippen LogP contribution < -0.4 is 4.74 Å². The van der Waals surface area contributed by atoms with Crippen LogP contribution >= 0.6 is 34.2 Å². The smallest absolute Gasteiger partial charge is 0.343 e. The van der Waals surface area contributed by atoms with E-state index in [-0.39, 0.29) is 6.61 Å². The van der Waals surface area contributed by atoms with Crippen LogP contribution in [-0.2, 0) is 20.9 Å². The van der Waals surface area contributed by atoms with Crippen molar-refractivity contribution in [3.05, 3.63) is 104 Å². The van der Waals surface area contributed by atoms with Crippen LogP contribution in [0.25, 0.3) is 5.57 Å². The number of para-hydroxylation sites is 1. The van der Waals surface area contributed by atoms with Gasteiger partial charge in [-0.2, -0.15) is 0 Å². The molecule has 0 aliphatic carbocycles. The number of esters is 1. The lowest BCUT2D eigenvalue weighted by Gasteiger charge is -2.12. The first-order chi connectivity index (χ1) is 15.1. The lowest BCUT2D eigenvalue weighted by molar-refractivity contribution is -0.142. The third-order valence-electron chi connectivity index (χ3n) is 4.52. The predicted molar refractivity (Wildman–Crippen MR) is 131 cm³/mol. The van der Waals surface area contributed by atoms with Gasteiger partial charge in [0.15, 0.2) is 6.61 Å². The highest BCUT2D eigenvalue weighted by atomic mass is 127. The summed E-state index contributed by atoms with van der Waals surface area (Å²) in [6.45, 7) is 0.630. The quantitative estimate of drug-likeness (QED) is 0.183. The SMILES string of the molecule is COC(=O)COc1ccccc1COCC=C(c1ccc(Cl)cc1)c1ccc(I)cc1. The molecule has 0 aromatic heterocycles. The first-order valence-corrected chi connectivity index (χ1v) is 11.1. The molecule has 0 aliphatic heterocycles. The molecule has 0 saturated heterocycles. The second kappa shape index (κ2) is 11.9. The Hall–Kier alpha value is -2.35. The molecule has 0 heterocycles.